The number of aromatic carboxylic acids is 1. The number of carbonyl (C=O) groups is 3. The number of aromatic nitrogens is 2. The number of nitrogens with one attached hydrogen (secondary N) is 1. The van der Waals surface area contributed by atoms with Gasteiger partial charge in [0, 0.05) is 18.9 Å². The summed E-state index contributed by atoms with van der Waals surface area (Å²) in [4.78, 5) is 35.7. The highest BCUT2D eigenvalue weighted by Gasteiger charge is 2.36. The lowest BCUT2D eigenvalue weighted by atomic mass is 9.86. The van der Waals surface area contributed by atoms with Gasteiger partial charge in [-0.2, -0.15) is 5.10 Å². The van der Waals surface area contributed by atoms with Gasteiger partial charge in [0.1, 0.15) is 5.69 Å². The second-order valence-electron chi connectivity index (χ2n) is 9.35. The fourth-order valence-corrected chi connectivity index (χ4v) is 4.59. The number of alkyl halides is 2. The molecule has 0 bridgehead atoms. The normalized spacial score (nSPS) is 15.6. The van der Waals surface area contributed by atoms with E-state index in [4.69, 9.17) is 10.8 Å². The molecule has 0 saturated carbocycles. The van der Waals surface area contributed by atoms with Crippen LogP contribution in [0.3, 0.4) is 0 Å². The number of nitrogens with zero attached hydrogens (tertiary/aromatic N) is 2. The summed E-state index contributed by atoms with van der Waals surface area (Å²) >= 11 is 0. The number of primary amides is 1. The number of rotatable bonds is 5. The Kier molecular flexibility index (Phi) is 7.57. The third kappa shape index (κ3) is 5.59. The molecule has 0 unspecified atom stereocenters. The highest BCUT2D eigenvalue weighted by Crippen LogP contribution is 2.48. The Hall–Kier alpha value is -4.08. The summed E-state index contributed by atoms with van der Waals surface area (Å²) in [6, 6.07) is 10.8. The molecule has 1 aliphatic rings. The molecular formula is C26H28F2N4O4. The smallest absolute Gasteiger partial charge is 0.335 e. The van der Waals surface area contributed by atoms with Crippen LogP contribution in [-0.4, -0.2) is 32.7 Å². The van der Waals surface area contributed by atoms with Crippen LogP contribution in [0.5, 0.6) is 0 Å². The quantitative estimate of drug-likeness (QED) is 0.462. The molecule has 1 aliphatic carbocycles. The molecule has 4 N–H and O–H groups in total. The molecule has 0 saturated heterocycles. The fraction of sp³-hybridized carbons (Fsp3) is 0.308. The molecule has 190 valence electrons. The SMILES string of the molecule is C[C@H]1CC(C)(C)c2cccc(NC(=O)c3ccc(C(=O)O)cc3C(N)=O)c21.Cn1ccc(C(F)F)n1. The first kappa shape index (κ1) is 26.5. The zero-order chi connectivity index (χ0) is 26.8. The van der Waals surface area contributed by atoms with Gasteiger partial charge in [0.25, 0.3) is 12.3 Å². The van der Waals surface area contributed by atoms with Crippen molar-refractivity contribution in [1.82, 2.24) is 9.78 Å². The number of carboxylic acid groups (broad SMARTS) is 1. The van der Waals surface area contributed by atoms with Crippen molar-refractivity contribution in [2.75, 3.05) is 5.32 Å². The van der Waals surface area contributed by atoms with Gasteiger partial charge in [-0.1, -0.05) is 32.9 Å². The number of nitrogens with two attached hydrogens (primary N) is 1. The Morgan fingerprint density at radius 3 is 2.39 bits per heavy atom. The molecule has 1 aromatic heterocycles. The molecule has 2 amide bonds. The number of amides is 2. The van der Waals surface area contributed by atoms with Gasteiger partial charge in [0.2, 0.25) is 5.91 Å². The molecule has 4 rings (SSSR count). The predicted octanol–water partition coefficient (Wildman–Crippen LogP) is 4.88. The minimum Gasteiger partial charge on any atom is -0.478 e. The maximum atomic E-state index is 12.8. The van der Waals surface area contributed by atoms with Crippen LogP contribution in [-0.2, 0) is 12.5 Å². The molecule has 36 heavy (non-hydrogen) atoms. The Labute approximate surface area is 207 Å². The first-order chi connectivity index (χ1) is 16.8. The number of fused-ring (bicyclic) bond motifs is 1. The molecule has 0 fully saturated rings. The zero-order valence-corrected chi connectivity index (χ0v) is 20.4. The minimum absolute atomic E-state index is 0.0248. The number of hydrogen-bond acceptors (Lipinski definition) is 4. The van der Waals surface area contributed by atoms with Crippen molar-refractivity contribution < 1.29 is 28.3 Å². The van der Waals surface area contributed by atoms with Crippen LogP contribution in [0, 0.1) is 0 Å². The van der Waals surface area contributed by atoms with E-state index in [1.807, 2.05) is 12.1 Å². The summed E-state index contributed by atoms with van der Waals surface area (Å²) in [7, 11) is 1.60. The van der Waals surface area contributed by atoms with Gasteiger partial charge in [0.05, 0.1) is 16.7 Å². The van der Waals surface area contributed by atoms with E-state index in [9.17, 15) is 23.2 Å². The van der Waals surface area contributed by atoms with Crippen LogP contribution >= 0.6 is 0 Å². The van der Waals surface area contributed by atoms with Crippen LogP contribution in [0.2, 0.25) is 0 Å². The highest BCUT2D eigenvalue weighted by molar-refractivity contribution is 6.13. The maximum Gasteiger partial charge on any atom is 0.335 e. The Morgan fingerprint density at radius 2 is 1.86 bits per heavy atom. The molecule has 1 heterocycles. The number of benzene rings is 2. The minimum atomic E-state index is -2.45. The molecule has 8 nitrogen and oxygen atoms in total. The van der Waals surface area contributed by atoms with E-state index in [0.717, 1.165) is 18.1 Å². The van der Waals surface area contributed by atoms with Gasteiger partial charge < -0.3 is 16.2 Å². The molecule has 0 spiro atoms. The first-order valence-corrected chi connectivity index (χ1v) is 11.2. The summed E-state index contributed by atoms with van der Waals surface area (Å²) < 4.78 is 24.8. The van der Waals surface area contributed by atoms with Crippen LogP contribution in [0.1, 0.15) is 87.4 Å². The van der Waals surface area contributed by atoms with Crippen molar-refractivity contribution >= 4 is 23.5 Å². The van der Waals surface area contributed by atoms with Crippen molar-refractivity contribution in [2.24, 2.45) is 12.8 Å². The van der Waals surface area contributed by atoms with Crippen LogP contribution < -0.4 is 11.1 Å². The third-order valence-electron chi connectivity index (χ3n) is 6.13. The maximum absolute atomic E-state index is 12.8. The van der Waals surface area contributed by atoms with Gasteiger partial charge in [0.15, 0.2) is 0 Å². The summed E-state index contributed by atoms with van der Waals surface area (Å²) in [6.07, 6.45) is 0.0162. The largest absolute Gasteiger partial charge is 0.478 e. The van der Waals surface area contributed by atoms with Crippen LogP contribution in [0.4, 0.5) is 14.5 Å². The molecule has 0 aliphatic heterocycles. The van der Waals surface area contributed by atoms with Crippen LogP contribution in [0.15, 0.2) is 48.7 Å². The number of anilines is 1. The average Bonchev–Trinajstić information content (AvgIpc) is 3.34. The molecule has 3 aromatic rings. The molecule has 10 heteroatoms. The van der Waals surface area contributed by atoms with Crippen molar-refractivity contribution in [1.29, 1.82) is 0 Å². The average molecular weight is 499 g/mol. The van der Waals surface area contributed by atoms with E-state index in [1.165, 1.54) is 34.6 Å². The van der Waals surface area contributed by atoms with Crippen molar-refractivity contribution in [3.63, 3.8) is 0 Å². The molecule has 1 atom stereocenters. The third-order valence-corrected chi connectivity index (χ3v) is 6.13. The van der Waals surface area contributed by atoms with E-state index in [2.05, 4.69) is 37.3 Å². The second-order valence-corrected chi connectivity index (χ2v) is 9.35. The fourth-order valence-electron chi connectivity index (χ4n) is 4.59. The number of carboxylic acids is 1. The standard InChI is InChI=1S/C21H22N2O4.C5H6F2N2/c1-11-10-21(2,3)15-5-4-6-16(17(11)15)23-19(25)13-8-7-12(20(26)27)9-14(13)18(22)24;1-9-3-2-4(8-9)5(6)7/h4-9,11H,10H2,1-3H3,(H2,22,24)(H,23,25)(H,26,27);2-3,5H,1H3/t11-;/m0./s1. The number of hydrogen-bond donors (Lipinski definition) is 3. The lowest BCUT2D eigenvalue weighted by molar-refractivity contribution is 0.0696. The Morgan fingerprint density at radius 1 is 1.17 bits per heavy atom. The number of halogens is 2. The Bertz CT molecular complexity index is 1320. The van der Waals surface area contributed by atoms with Gasteiger partial charge in [-0.15, -0.1) is 0 Å². The van der Waals surface area contributed by atoms with Gasteiger partial charge in [-0.25, -0.2) is 13.6 Å². The topological polar surface area (TPSA) is 127 Å². The van der Waals surface area contributed by atoms with E-state index in [0.29, 0.717) is 5.69 Å². The highest BCUT2D eigenvalue weighted by atomic mass is 19.3. The van der Waals surface area contributed by atoms with Crippen molar-refractivity contribution in [3.8, 4) is 0 Å². The zero-order valence-electron chi connectivity index (χ0n) is 20.4. The van der Waals surface area contributed by atoms with Crippen molar-refractivity contribution in [2.45, 2.75) is 45.0 Å². The second kappa shape index (κ2) is 10.3. The summed E-state index contributed by atoms with van der Waals surface area (Å²) in [5, 5.41) is 15.4. The summed E-state index contributed by atoms with van der Waals surface area (Å²) in [5.74, 6) is -2.25. The summed E-state index contributed by atoms with van der Waals surface area (Å²) in [6.45, 7) is 6.48. The Balaban J connectivity index is 0.000000338. The molecular weight excluding hydrogens is 470 g/mol. The lowest BCUT2D eigenvalue weighted by Crippen LogP contribution is -2.21. The molecule has 0 radical (unpaired) electrons. The van der Waals surface area contributed by atoms with Gasteiger partial charge in [-0.05, 0) is 59.2 Å². The summed E-state index contributed by atoms with van der Waals surface area (Å²) in [5.41, 5.74) is 8.04. The monoisotopic (exact) mass is 498 g/mol. The number of aryl methyl sites for hydroxylation is 1. The van der Waals surface area contributed by atoms with E-state index >= 15 is 0 Å². The first-order valence-electron chi connectivity index (χ1n) is 11.2. The van der Waals surface area contributed by atoms with E-state index < -0.39 is 24.2 Å². The van der Waals surface area contributed by atoms with Gasteiger partial charge in [-0.3, -0.25) is 14.3 Å². The van der Waals surface area contributed by atoms with Crippen LogP contribution in [0.25, 0.3) is 0 Å². The molecule has 2 aromatic carbocycles. The van der Waals surface area contributed by atoms with Crippen molar-refractivity contribution in [3.05, 3.63) is 82.2 Å². The van der Waals surface area contributed by atoms with E-state index in [-0.39, 0.29) is 33.7 Å². The lowest BCUT2D eigenvalue weighted by Gasteiger charge is -2.19. The predicted molar refractivity (Wildman–Crippen MR) is 131 cm³/mol. The number of carbonyl (C=O) groups excluding carboxylic acids is 2. The van der Waals surface area contributed by atoms with Gasteiger partial charge >= 0.3 is 5.97 Å². The van der Waals surface area contributed by atoms with E-state index in [1.54, 1.807) is 7.05 Å².